The lowest BCUT2D eigenvalue weighted by Gasteiger charge is -2.11. The van der Waals surface area contributed by atoms with Gasteiger partial charge in [0.15, 0.2) is 0 Å². The number of hydrogen-bond donors (Lipinski definition) is 1. The molecule has 2 heteroatoms. The summed E-state index contributed by atoms with van der Waals surface area (Å²) >= 11 is 0. The molecule has 0 spiro atoms. The summed E-state index contributed by atoms with van der Waals surface area (Å²) in [5, 5.41) is 9.99. The van der Waals surface area contributed by atoms with Crippen LogP contribution < -0.4 is 0 Å². The van der Waals surface area contributed by atoms with Gasteiger partial charge in [-0.1, -0.05) is 50.5 Å². The predicted molar refractivity (Wildman–Crippen MR) is 71.1 cm³/mol. The Bertz CT molecular complexity index is 292. The lowest BCUT2D eigenvalue weighted by molar-refractivity contribution is 0.163. The summed E-state index contributed by atoms with van der Waals surface area (Å²) in [6.45, 7) is 2.93. The number of aliphatic hydroxyl groups excluding tert-OH is 1. The van der Waals surface area contributed by atoms with Crippen LogP contribution in [0.2, 0.25) is 0 Å². The van der Waals surface area contributed by atoms with Crippen LogP contribution in [0.3, 0.4) is 0 Å². The maximum atomic E-state index is 9.99. The van der Waals surface area contributed by atoms with Gasteiger partial charge in [0.2, 0.25) is 0 Å². The van der Waals surface area contributed by atoms with E-state index in [4.69, 9.17) is 4.74 Å². The van der Waals surface area contributed by atoms with Crippen molar-refractivity contribution in [3.63, 3.8) is 0 Å². The molecule has 0 aliphatic carbocycles. The topological polar surface area (TPSA) is 29.5 Å². The van der Waals surface area contributed by atoms with Gasteiger partial charge < -0.3 is 9.84 Å². The lowest BCUT2D eigenvalue weighted by atomic mass is 10.0. The molecular weight excluding hydrogens is 212 g/mol. The number of ether oxygens (including phenoxy) is 1. The minimum Gasteiger partial charge on any atom is -0.388 e. The van der Waals surface area contributed by atoms with E-state index in [0.717, 1.165) is 31.4 Å². The summed E-state index contributed by atoms with van der Waals surface area (Å²) in [4.78, 5) is 0. The van der Waals surface area contributed by atoms with Crippen molar-refractivity contribution in [1.82, 2.24) is 0 Å². The van der Waals surface area contributed by atoms with Crippen LogP contribution in [0.1, 0.15) is 49.8 Å². The highest BCUT2D eigenvalue weighted by Gasteiger charge is 2.06. The highest BCUT2D eigenvalue weighted by molar-refractivity contribution is 5.24. The van der Waals surface area contributed by atoms with E-state index in [0.29, 0.717) is 0 Å². The first kappa shape index (κ1) is 14.2. The van der Waals surface area contributed by atoms with E-state index in [9.17, 15) is 5.11 Å². The van der Waals surface area contributed by atoms with Crippen molar-refractivity contribution in [2.24, 2.45) is 0 Å². The Labute approximate surface area is 105 Å². The molecule has 1 aromatic carbocycles. The van der Waals surface area contributed by atoms with Crippen LogP contribution in [-0.4, -0.2) is 18.8 Å². The zero-order valence-corrected chi connectivity index (χ0v) is 11.0. The molecule has 0 bridgehead atoms. The van der Waals surface area contributed by atoms with Crippen LogP contribution in [0.5, 0.6) is 0 Å². The molecule has 0 saturated carbocycles. The van der Waals surface area contributed by atoms with Crippen LogP contribution in [0, 0.1) is 0 Å². The highest BCUT2D eigenvalue weighted by Crippen LogP contribution is 2.20. The third-order valence-electron chi connectivity index (χ3n) is 3.04. The van der Waals surface area contributed by atoms with Crippen LogP contribution in [0.25, 0.3) is 0 Å². The third kappa shape index (κ3) is 5.33. The van der Waals surface area contributed by atoms with Gasteiger partial charge in [-0.15, -0.1) is 0 Å². The van der Waals surface area contributed by atoms with E-state index >= 15 is 0 Å². The molecule has 1 aromatic rings. The minimum absolute atomic E-state index is 0.307. The monoisotopic (exact) mass is 236 g/mol. The first-order valence-electron chi connectivity index (χ1n) is 6.53. The SMILES string of the molecule is CCCCCC(O)c1ccc(CCOC)cc1. The molecule has 0 aromatic heterocycles. The Balaban J connectivity index is 2.43. The van der Waals surface area contributed by atoms with Crippen molar-refractivity contribution < 1.29 is 9.84 Å². The normalized spacial score (nSPS) is 12.6. The fourth-order valence-corrected chi connectivity index (χ4v) is 1.88. The molecule has 0 heterocycles. The van der Waals surface area contributed by atoms with E-state index in [-0.39, 0.29) is 6.10 Å². The van der Waals surface area contributed by atoms with E-state index in [1.807, 2.05) is 12.1 Å². The average Bonchev–Trinajstić information content (AvgIpc) is 2.37. The lowest BCUT2D eigenvalue weighted by Crippen LogP contribution is -1.99. The van der Waals surface area contributed by atoms with E-state index in [2.05, 4.69) is 19.1 Å². The van der Waals surface area contributed by atoms with Gasteiger partial charge in [0.25, 0.3) is 0 Å². The van der Waals surface area contributed by atoms with E-state index < -0.39 is 0 Å². The number of benzene rings is 1. The van der Waals surface area contributed by atoms with Crippen LogP contribution in [0.4, 0.5) is 0 Å². The number of rotatable bonds is 8. The summed E-state index contributed by atoms with van der Waals surface area (Å²) in [6.07, 6.45) is 4.99. The van der Waals surface area contributed by atoms with Crippen molar-refractivity contribution in [3.05, 3.63) is 35.4 Å². The first-order chi connectivity index (χ1) is 8.27. The Kier molecular flexibility index (Phi) is 6.90. The van der Waals surface area contributed by atoms with Gasteiger partial charge in [-0.25, -0.2) is 0 Å². The maximum absolute atomic E-state index is 9.99. The largest absolute Gasteiger partial charge is 0.388 e. The van der Waals surface area contributed by atoms with Crippen molar-refractivity contribution >= 4 is 0 Å². The number of methoxy groups -OCH3 is 1. The molecule has 0 radical (unpaired) electrons. The number of hydrogen-bond acceptors (Lipinski definition) is 2. The molecule has 0 fully saturated rings. The van der Waals surface area contributed by atoms with Crippen LogP contribution in [0.15, 0.2) is 24.3 Å². The summed E-state index contributed by atoms with van der Waals surface area (Å²) < 4.78 is 5.04. The standard InChI is InChI=1S/C15H24O2/c1-3-4-5-6-15(16)14-9-7-13(8-10-14)11-12-17-2/h7-10,15-16H,3-6,11-12H2,1-2H3. The van der Waals surface area contributed by atoms with Gasteiger partial charge in [-0.2, -0.15) is 0 Å². The highest BCUT2D eigenvalue weighted by atomic mass is 16.5. The molecule has 0 aliphatic heterocycles. The van der Waals surface area contributed by atoms with Gasteiger partial charge in [0, 0.05) is 7.11 Å². The first-order valence-corrected chi connectivity index (χ1v) is 6.53. The molecule has 1 atom stereocenters. The fourth-order valence-electron chi connectivity index (χ4n) is 1.88. The second-order valence-electron chi connectivity index (χ2n) is 4.50. The maximum Gasteiger partial charge on any atom is 0.0790 e. The zero-order valence-electron chi connectivity index (χ0n) is 11.0. The van der Waals surface area contributed by atoms with Crippen LogP contribution in [-0.2, 0) is 11.2 Å². The minimum atomic E-state index is -0.307. The summed E-state index contributed by atoms with van der Waals surface area (Å²) in [5.41, 5.74) is 2.29. The summed E-state index contributed by atoms with van der Waals surface area (Å²) in [7, 11) is 1.71. The molecule has 0 saturated heterocycles. The zero-order chi connectivity index (χ0) is 12.5. The van der Waals surface area contributed by atoms with Gasteiger partial charge in [0.05, 0.1) is 12.7 Å². The Morgan fingerprint density at radius 3 is 2.47 bits per heavy atom. The van der Waals surface area contributed by atoms with Crippen molar-refractivity contribution in [1.29, 1.82) is 0 Å². The molecule has 1 rings (SSSR count). The predicted octanol–water partition coefficient (Wildman–Crippen LogP) is 3.49. The fraction of sp³-hybridized carbons (Fsp3) is 0.600. The van der Waals surface area contributed by atoms with E-state index in [1.165, 1.54) is 18.4 Å². The molecule has 0 amide bonds. The Hall–Kier alpha value is -0.860. The molecular formula is C15H24O2. The molecule has 1 N–H and O–H groups in total. The summed E-state index contributed by atoms with van der Waals surface area (Å²) in [5.74, 6) is 0. The van der Waals surface area contributed by atoms with Crippen LogP contribution >= 0.6 is 0 Å². The van der Waals surface area contributed by atoms with Crippen molar-refractivity contribution in [3.8, 4) is 0 Å². The molecule has 96 valence electrons. The molecule has 17 heavy (non-hydrogen) atoms. The second kappa shape index (κ2) is 8.26. The quantitative estimate of drug-likeness (QED) is 0.700. The Morgan fingerprint density at radius 1 is 1.18 bits per heavy atom. The molecule has 0 aliphatic rings. The number of unbranched alkanes of at least 4 members (excludes halogenated alkanes) is 2. The number of aliphatic hydroxyl groups is 1. The van der Waals surface area contributed by atoms with Gasteiger partial charge in [-0.3, -0.25) is 0 Å². The third-order valence-corrected chi connectivity index (χ3v) is 3.04. The van der Waals surface area contributed by atoms with Gasteiger partial charge in [0.1, 0.15) is 0 Å². The van der Waals surface area contributed by atoms with E-state index in [1.54, 1.807) is 7.11 Å². The summed E-state index contributed by atoms with van der Waals surface area (Å²) in [6, 6.07) is 8.22. The second-order valence-corrected chi connectivity index (χ2v) is 4.50. The van der Waals surface area contributed by atoms with Crippen molar-refractivity contribution in [2.45, 2.75) is 45.1 Å². The van der Waals surface area contributed by atoms with Crippen molar-refractivity contribution in [2.75, 3.05) is 13.7 Å². The smallest absolute Gasteiger partial charge is 0.0790 e. The van der Waals surface area contributed by atoms with Gasteiger partial charge >= 0.3 is 0 Å². The molecule has 2 nitrogen and oxygen atoms in total. The van der Waals surface area contributed by atoms with Gasteiger partial charge in [-0.05, 0) is 24.0 Å². The average molecular weight is 236 g/mol. The Morgan fingerprint density at radius 2 is 1.88 bits per heavy atom. The molecule has 1 unspecified atom stereocenters.